The number of rotatable bonds is 5. The average molecular weight is 378 g/mol. The van der Waals surface area contributed by atoms with Gasteiger partial charge in [0.05, 0.1) is 32.1 Å². The molecule has 9 nitrogen and oxygen atoms in total. The topological polar surface area (TPSA) is 110 Å². The van der Waals surface area contributed by atoms with Gasteiger partial charge in [-0.25, -0.2) is 14.3 Å². The Kier molecular flexibility index (Phi) is 4.99. The Balaban J connectivity index is 1.71. The summed E-state index contributed by atoms with van der Waals surface area (Å²) < 4.78 is 11.6. The third kappa shape index (κ3) is 3.57. The van der Waals surface area contributed by atoms with Gasteiger partial charge in [-0.05, 0) is 0 Å². The van der Waals surface area contributed by atoms with Gasteiger partial charge in [-0.1, -0.05) is 11.6 Å². The van der Waals surface area contributed by atoms with Gasteiger partial charge < -0.3 is 20.1 Å². The molecule has 0 saturated carbocycles. The maximum Gasteiger partial charge on any atom is 0.319 e. The van der Waals surface area contributed by atoms with Crippen LogP contribution in [0.3, 0.4) is 0 Å². The van der Waals surface area contributed by atoms with Crippen molar-refractivity contribution in [3.63, 3.8) is 0 Å². The Bertz CT molecular complexity index is 1010. The molecule has 0 aliphatic carbocycles. The number of nitrogens with zero attached hydrogens (tertiary/aromatic N) is 2. The summed E-state index contributed by atoms with van der Waals surface area (Å²) in [4.78, 5) is 28.3. The zero-order valence-electron chi connectivity index (χ0n) is 14.0. The van der Waals surface area contributed by atoms with E-state index in [-0.39, 0.29) is 17.1 Å². The molecule has 10 heteroatoms. The number of hydrogen-bond acceptors (Lipinski definition) is 5. The molecule has 0 atom stereocenters. The molecule has 0 unspecified atom stereocenters. The molecule has 2 amide bonds. The molecule has 26 heavy (non-hydrogen) atoms. The SMILES string of the molecule is COc1cc(NC(=O)NCc2cc(=O)n3[nH]ccc3n2)c(Cl)c(OC)c1. The van der Waals surface area contributed by atoms with Crippen molar-refractivity contribution in [3.05, 3.63) is 51.5 Å². The number of halogens is 1. The van der Waals surface area contributed by atoms with Gasteiger partial charge in [0.2, 0.25) is 0 Å². The average Bonchev–Trinajstić information content (AvgIpc) is 3.11. The summed E-state index contributed by atoms with van der Waals surface area (Å²) in [6.07, 6.45) is 1.60. The van der Waals surface area contributed by atoms with Crippen LogP contribution in [0.4, 0.5) is 10.5 Å². The summed E-state index contributed by atoms with van der Waals surface area (Å²) in [6.45, 7) is 0.0709. The Labute approximate surface area is 152 Å². The van der Waals surface area contributed by atoms with Gasteiger partial charge in [0.15, 0.2) is 5.65 Å². The van der Waals surface area contributed by atoms with Gasteiger partial charge in [-0.3, -0.25) is 9.89 Å². The second-order valence-corrected chi connectivity index (χ2v) is 5.62. The molecule has 2 aromatic heterocycles. The highest BCUT2D eigenvalue weighted by molar-refractivity contribution is 6.35. The van der Waals surface area contributed by atoms with Gasteiger partial charge in [0.1, 0.15) is 16.5 Å². The van der Waals surface area contributed by atoms with E-state index in [1.807, 2.05) is 0 Å². The number of fused-ring (bicyclic) bond motifs is 1. The monoisotopic (exact) mass is 377 g/mol. The van der Waals surface area contributed by atoms with E-state index in [1.165, 1.54) is 24.8 Å². The molecule has 0 fully saturated rings. The summed E-state index contributed by atoms with van der Waals surface area (Å²) in [7, 11) is 2.96. The number of aromatic amines is 1. The Morgan fingerprint density at radius 3 is 2.85 bits per heavy atom. The van der Waals surface area contributed by atoms with Crippen molar-refractivity contribution < 1.29 is 14.3 Å². The summed E-state index contributed by atoms with van der Waals surface area (Å²) in [5.41, 5.74) is 0.960. The van der Waals surface area contributed by atoms with Crippen LogP contribution in [0.1, 0.15) is 5.69 Å². The minimum atomic E-state index is -0.515. The third-order valence-electron chi connectivity index (χ3n) is 3.58. The minimum Gasteiger partial charge on any atom is -0.497 e. The van der Waals surface area contributed by atoms with E-state index < -0.39 is 6.03 Å². The van der Waals surface area contributed by atoms with Crippen LogP contribution in [0.2, 0.25) is 5.02 Å². The summed E-state index contributed by atoms with van der Waals surface area (Å²) in [6, 6.07) is 5.66. The first-order valence-electron chi connectivity index (χ1n) is 7.54. The number of aromatic nitrogens is 3. The molecule has 0 spiro atoms. The number of carbonyl (C=O) groups excluding carboxylic acids is 1. The second kappa shape index (κ2) is 7.36. The quantitative estimate of drug-likeness (QED) is 0.630. The van der Waals surface area contributed by atoms with Crippen LogP contribution in [-0.4, -0.2) is 34.8 Å². The van der Waals surface area contributed by atoms with Crippen molar-refractivity contribution in [3.8, 4) is 11.5 Å². The molecule has 3 rings (SSSR count). The largest absolute Gasteiger partial charge is 0.497 e. The lowest BCUT2D eigenvalue weighted by Gasteiger charge is -2.13. The Morgan fingerprint density at radius 1 is 1.31 bits per heavy atom. The molecule has 136 valence electrons. The van der Waals surface area contributed by atoms with E-state index in [0.717, 1.165) is 0 Å². The Morgan fingerprint density at radius 2 is 2.12 bits per heavy atom. The Hall–Kier alpha value is -3.20. The zero-order chi connectivity index (χ0) is 18.7. The van der Waals surface area contributed by atoms with E-state index in [4.69, 9.17) is 21.1 Å². The van der Waals surface area contributed by atoms with E-state index in [0.29, 0.717) is 28.5 Å². The first-order valence-corrected chi connectivity index (χ1v) is 7.92. The highest BCUT2D eigenvalue weighted by Crippen LogP contribution is 2.36. The maximum absolute atomic E-state index is 12.2. The van der Waals surface area contributed by atoms with Gasteiger partial charge in [0, 0.05) is 30.5 Å². The van der Waals surface area contributed by atoms with Crippen LogP contribution in [0.5, 0.6) is 11.5 Å². The van der Waals surface area contributed by atoms with E-state index in [1.54, 1.807) is 24.4 Å². The van der Waals surface area contributed by atoms with Crippen LogP contribution in [-0.2, 0) is 6.54 Å². The van der Waals surface area contributed by atoms with Crippen molar-refractivity contribution in [2.45, 2.75) is 6.54 Å². The van der Waals surface area contributed by atoms with Gasteiger partial charge in [-0.15, -0.1) is 0 Å². The highest BCUT2D eigenvalue weighted by Gasteiger charge is 2.13. The van der Waals surface area contributed by atoms with Crippen LogP contribution >= 0.6 is 11.6 Å². The third-order valence-corrected chi connectivity index (χ3v) is 3.97. The zero-order valence-corrected chi connectivity index (χ0v) is 14.8. The van der Waals surface area contributed by atoms with Gasteiger partial charge in [-0.2, -0.15) is 0 Å². The van der Waals surface area contributed by atoms with Crippen molar-refractivity contribution in [2.75, 3.05) is 19.5 Å². The fourth-order valence-corrected chi connectivity index (χ4v) is 2.57. The van der Waals surface area contributed by atoms with E-state index in [9.17, 15) is 9.59 Å². The van der Waals surface area contributed by atoms with Crippen LogP contribution in [0, 0.1) is 0 Å². The number of nitrogens with one attached hydrogen (secondary N) is 3. The molecule has 0 aliphatic heterocycles. The number of anilines is 1. The minimum absolute atomic E-state index is 0.0709. The fourth-order valence-electron chi connectivity index (χ4n) is 2.34. The highest BCUT2D eigenvalue weighted by atomic mass is 35.5. The second-order valence-electron chi connectivity index (χ2n) is 5.24. The number of ether oxygens (including phenoxy) is 2. The number of benzene rings is 1. The summed E-state index contributed by atoms with van der Waals surface area (Å²) in [5.74, 6) is 0.850. The lowest BCUT2D eigenvalue weighted by molar-refractivity contribution is 0.251. The van der Waals surface area contributed by atoms with Crippen LogP contribution in [0.15, 0.2) is 35.3 Å². The summed E-state index contributed by atoms with van der Waals surface area (Å²) in [5, 5.41) is 8.23. The van der Waals surface area contributed by atoms with Crippen LogP contribution < -0.4 is 25.7 Å². The van der Waals surface area contributed by atoms with Crippen molar-refractivity contribution in [1.82, 2.24) is 19.9 Å². The maximum atomic E-state index is 12.2. The number of amides is 2. The molecule has 3 N–H and O–H groups in total. The van der Waals surface area contributed by atoms with Crippen molar-refractivity contribution in [2.24, 2.45) is 0 Å². The number of carbonyl (C=O) groups is 1. The van der Waals surface area contributed by atoms with Gasteiger partial charge in [0.25, 0.3) is 5.56 Å². The predicted octanol–water partition coefficient (Wildman–Crippen LogP) is 2.01. The van der Waals surface area contributed by atoms with Crippen molar-refractivity contribution in [1.29, 1.82) is 0 Å². The van der Waals surface area contributed by atoms with E-state index >= 15 is 0 Å². The standard InChI is InChI=1S/C16H16ClN5O4/c1-25-10-6-11(15(17)12(7-10)26-2)21-16(24)18-8-9-5-14(23)22-13(20-9)3-4-19-22/h3-7,19H,8H2,1-2H3,(H2,18,21,24). The molecule has 3 aromatic rings. The number of urea groups is 1. The molecular formula is C16H16ClN5O4. The summed E-state index contributed by atoms with van der Waals surface area (Å²) >= 11 is 6.19. The molecule has 0 saturated heterocycles. The van der Waals surface area contributed by atoms with Gasteiger partial charge >= 0.3 is 6.03 Å². The first kappa shape index (κ1) is 17.6. The number of methoxy groups -OCH3 is 2. The smallest absolute Gasteiger partial charge is 0.319 e. The molecular weight excluding hydrogens is 362 g/mol. The molecule has 0 bridgehead atoms. The molecule has 0 aliphatic rings. The lowest BCUT2D eigenvalue weighted by Crippen LogP contribution is -2.29. The fraction of sp³-hybridized carbons (Fsp3) is 0.188. The molecule has 1 aromatic carbocycles. The van der Waals surface area contributed by atoms with Crippen LogP contribution in [0.25, 0.3) is 5.65 Å². The number of H-pyrrole nitrogens is 1. The van der Waals surface area contributed by atoms with Crippen molar-refractivity contribution >= 4 is 29.0 Å². The predicted molar refractivity (Wildman–Crippen MR) is 96.2 cm³/mol. The molecule has 0 radical (unpaired) electrons. The van der Waals surface area contributed by atoms with E-state index in [2.05, 4.69) is 20.7 Å². The molecule has 2 heterocycles. The lowest BCUT2D eigenvalue weighted by atomic mass is 10.2. The first-order chi connectivity index (χ1) is 12.5. The number of hydrogen-bond donors (Lipinski definition) is 3. The normalized spacial score (nSPS) is 10.6.